The zero-order chi connectivity index (χ0) is 6.57. The average Bonchev–Trinajstić information content (AvgIpc) is 1.67. The van der Waals surface area contributed by atoms with Gasteiger partial charge in [-0.05, 0) is 6.92 Å². The van der Waals surface area contributed by atoms with Crippen molar-refractivity contribution in [3.63, 3.8) is 0 Å². The van der Waals surface area contributed by atoms with Crippen LogP contribution in [0.1, 0.15) is 6.92 Å². The van der Waals surface area contributed by atoms with E-state index < -0.39 is 5.97 Å². The maximum atomic E-state index is 10.3. The number of ether oxygens (including phenoxy) is 1. The summed E-state index contributed by atoms with van der Waals surface area (Å²) in [6.45, 7) is 4.90. The zero-order valence-corrected chi connectivity index (χ0v) is 5.36. The number of alkyl halides is 1. The first-order valence-corrected chi connectivity index (χ1v) is 2.60. The molecule has 0 bridgehead atoms. The van der Waals surface area contributed by atoms with Gasteiger partial charge in [0.25, 0.3) is 0 Å². The molecule has 0 aromatic heterocycles. The van der Waals surface area contributed by atoms with E-state index >= 15 is 0 Å². The summed E-state index contributed by atoms with van der Waals surface area (Å²) in [7, 11) is 0. The molecule has 0 amide bonds. The predicted molar refractivity (Wildman–Crippen MR) is 38.8 cm³/mol. The Morgan fingerprint density at radius 3 is 2.33 bits per heavy atom. The SMILES string of the molecule is C=C(C)C(=O)OCCl.[KH]. The Kier molecular flexibility index (Phi) is 10.3. The summed E-state index contributed by atoms with van der Waals surface area (Å²) in [6.07, 6.45) is 0. The van der Waals surface area contributed by atoms with Gasteiger partial charge in [0.2, 0.25) is 0 Å². The van der Waals surface area contributed by atoms with Crippen LogP contribution >= 0.6 is 11.6 Å². The second-order valence-electron chi connectivity index (χ2n) is 1.32. The fraction of sp³-hybridized carbons (Fsp3) is 0.400. The number of carbonyl (C=O) groups excluding carboxylic acids is 1. The number of hydrogen-bond acceptors (Lipinski definition) is 2. The van der Waals surface area contributed by atoms with Gasteiger partial charge in [-0.25, -0.2) is 4.79 Å². The van der Waals surface area contributed by atoms with Crippen molar-refractivity contribution in [1.29, 1.82) is 0 Å². The first kappa shape index (κ1) is 12.8. The monoisotopic (exact) mass is 174 g/mol. The molecule has 0 saturated heterocycles. The van der Waals surface area contributed by atoms with Gasteiger partial charge in [0.1, 0.15) is 0 Å². The van der Waals surface area contributed by atoms with Crippen LogP contribution in [-0.2, 0) is 9.53 Å². The van der Waals surface area contributed by atoms with Crippen molar-refractivity contribution in [2.24, 2.45) is 0 Å². The Morgan fingerprint density at radius 1 is 1.78 bits per heavy atom. The number of esters is 1. The van der Waals surface area contributed by atoms with Crippen molar-refractivity contribution in [2.45, 2.75) is 6.92 Å². The summed E-state index contributed by atoms with van der Waals surface area (Å²) in [5, 5.41) is 0. The van der Waals surface area contributed by atoms with Gasteiger partial charge in [0.05, 0.1) is 0 Å². The standard InChI is InChI=1S/C5H7ClO2.K.H/c1-4(2)5(7)8-3-6;;/h1,3H2,2H3;;. The topological polar surface area (TPSA) is 26.3 Å². The van der Waals surface area contributed by atoms with Crippen LogP contribution in [0.4, 0.5) is 0 Å². The van der Waals surface area contributed by atoms with E-state index in [1.165, 1.54) is 0 Å². The molecule has 0 aliphatic rings. The summed E-state index contributed by atoms with van der Waals surface area (Å²) in [6, 6.07) is -0.105. The summed E-state index contributed by atoms with van der Waals surface area (Å²) in [5.74, 6) is -0.444. The van der Waals surface area contributed by atoms with E-state index in [9.17, 15) is 4.79 Å². The van der Waals surface area contributed by atoms with Gasteiger partial charge in [-0.3, -0.25) is 0 Å². The Labute approximate surface area is 102 Å². The second-order valence-corrected chi connectivity index (χ2v) is 1.54. The molecule has 0 saturated carbocycles. The van der Waals surface area contributed by atoms with Crippen molar-refractivity contribution in [3.05, 3.63) is 12.2 Å². The first-order valence-electron chi connectivity index (χ1n) is 2.07. The minimum atomic E-state index is -0.444. The summed E-state index contributed by atoms with van der Waals surface area (Å²) < 4.78 is 4.33. The van der Waals surface area contributed by atoms with Crippen LogP contribution in [0, 0.1) is 0 Å². The van der Waals surface area contributed by atoms with Gasteiger partial charge in [0, 0.05) is 5.57 Å². The molecule has 0 spiro atoms. The maximum absolute atomic E-state index is 10.3. The molecule has 0 aliphatic heterocycles. The van der Waals surface area contributed by atoms with Crippen molar-refractivity contribution in [2.75, 3.05) is 6.07 Å². The number of halogens is 1. The Morgan fingerprint density at radius 2 is 2.22 bits per heavy atom. The molecule has 4 heteroatoms. The van der Waals surface area contributed by atoms with Crippen LogP contribution in [-0.4, -0.2) is 63.4 Å². The fourth-order valence-corrected chi connectivity index (χ4v) is 0.272. The summed E-state index contributed by atoms with van der Waals surface area (Å²) >= 11 is 5.06. The molecule has 0 aliphatic carbocycles. The number of rotatable bonds is 2. The average molecular weight is 175 g/mol. The molecule has 0 aromatic rings. The molecule has 0 radical (unpaired) electrons. The molecule has 0 rings (SSSR count). The van der Waals surface area contributed by atoms with Gasteiger partial charge in [-0.15, -0.1) is 0 Å². The molecule has 0 N–H and O–H groups in total. The Balaban J connectivity index is 0. The van der Waals surface area contributed by atoms with E-state index in [-0.39, 0.29) is 57.5 Å². The van der Waals surface area contributed by atoms with Gasteiger partial charge >= 0.3 is 57.4 Å². The van der Waals surface area contributed by atoms with E-state index in [2.05, 4.69) is 11.3 Å². The van der Waals surface area contributed by atoms with Gasteiger partial charge in [-0.2, -0.15) is 0 Å². The third-order valence-corrected chi connectivity index (χ3v) is 0.643. The predicted octanol–water partition coefficient (Wildman–Crippen LogP) is 0.653. The van der Waals surface area contributed by atoms with Crippen LogP contribution < -0.4 is 0 Å². The first-order chi connectivity index (χ1) is 3.68. The van der Waals surface area contributed by atoms with Crippen LogP contribution in [0.5, 0.6) is 0 Å². The Hall–Kier alpha value is 1.14. The molecule has 0 aromatic carbocycles. The molecule has 0 heterocycles. The summed E-state index contributed by atoms with van der Waals surface area (Å²) in [4.78, 5) is 10.3. The van der Waals surface area contributed by atoms with Crippen molar-refractivity contribution in [1.82, 2.24) is 0 Å². The van der Waals surface area contributed by atoms with Crippen molar-refractivity contribution < 1.29 is 9.53 Å². The molecular weight excluding hydrogens is 167 g/mol. The number of hydrogen-bond donors (Lipinski definition) is 0. The molecule has 48 valence electrons. The van der Waals surface area contributed by atoms with Crippen LogP contribution in [0.25, 0.3) is 0 Å². The van der Waals surface area contributed by atoms with Crippen molar-refractivity contribution in [3.8, 4) is 0 Å². The molecule has 0 atom stereocenters. The third-order valence-electron chi connectivity index (χ3n) is 0.534. The number of carbonyl (C=O) groups is 1. The van der Waals surface area contributed by atoms with E-state index in [0.717, 1.165) is 0 Å². The summed E-state index contributed by atoms with van der Waals surface area (Å²) in [5.41, 5.74) is 0.366. The van der Waals surface area contributed by atoms with E-state index in [4.69, 9.17) is 11.6 Å². The van der Waals surface area contributed by atoms with Gasteiger partial charge in [-0.1, -0.05) is 18.2 Å². The van der Waals surface area contributed by atoms with Crippen LogP contribution in [0.3, 0.4) is 0 Å². The van der Waals surface area contributed by atoms with Gasteiger partial charge < -0.3 is 4.74 Å². The van der Waals surface area contributed by atoms with Crippen molar-refractivity contribution >= 4 is 69.0 Å². The van der Waals surface area contributed by atoms with E-state index in [1.807, 2.05) is 0 Å². The van der Waals surface area contributed by atoms with Crippen LogP contribution in [0.2, 0.25) is 0 Å². The molecule has 0 fully saturated rings. The van der Waals surface area contributed by atoms with Gasteiger partial charge in [0.15, 0.2) is 6.07 Å². The van der Waals surface area contributed by atoms with Crippen LogP contribution in [0.15, 0.2) is 12.2 Å². The Bertz CT molecular complexity index is 114. The third kappa shape index (κ3) is 7.03. The minimum absolute atomic E-state index is 0. The molecular formula is C5H8ClKO2. The molecule has 9 heavy (non-hydrogen) atoms. The van der Waals surface area contributed by atoms with E-state index in [0.29, 0.717) is 5.57 Å². The zero-order valence-electron chi connectivity index (χ0n) is 4.61. The molecule has 0 unspecified atom stereocenters. The van der Waals surface area contributed by atoms with E-state index in [1.54, 1.807) is 6.92 Å². The second kappa shape index (κ2) is 7.25. The quantitative estimate of drug-likeness (QED) is 0.266. The molecule has 2 nitrogen and oxygen atoms in total. The fourth-order valence-electron chi connectivity index (χ4n) is 0.173. The normalized spacial score (nSPS) is 7.33.